The predicted molar refractivity (Wildman–Crippen MR) is 95.6 cm³/mol. The number of ether oxygens (including phenoxy) is 2. The number of nitrogens with zero attached hydrogens (tertiary/aromatic N) is 2. The Labute approximate surface area is 159 Å². The zero-order chi connectivity index (χ0) is 18.7. The van der Waals surface area contributed by atoms with Gasteiger partial charge in [0, 0.05) is 17.9 Å². The third-order valence-electron chi connectivity index (χ3n) is 4.12. The van der Waals surface area contributed by atoms with Crippen LogP contribution in [0.1, 0.15) is 0 Å². The Morgan fingerprint density at radius 2 is 2.15 bits per heavy atom. The quantitative estimate of drug-likeness (QED) is 0.599. The van der Waals surface area contributed by atoms with Crippen LogP contribution in [-0.2, 0) is 14.3 Å². The molecular formula is C16H18Cl2FN3O4. The van der Waals surface area contributed by atoms with Crippen molar-refractivity contribution in [1.29, 1.82) is 0 Å². The van der Waals surface area contributed by atoms with Crippen LogP contribution in [-0.4, -0.2) is 62.1 Å². The van der Waals surface area contributed by atoms with Gasteiger partial charge >= 0.3 is 6.09 Å². The normalized spacial score (nSPS) is 23.3. The van der Waals surface area contributed by atoms with Gasteiger partial charge in [-0.1, -0.05) is 29.3 Å². The van der Waals surface area contributed by atoms with Gasteiger partial charge in [-0.05, 0) is 18.2 Å². The van der Waals surface area contributed by atoms with Gasteiger partial charge in [-0.25, -0.2) is 9.18 Å². The van der Waals surface area contributed by atoms with E-state index in [0.717, 1.165) is 0 Å². The number of hydrogen-bond donors (Lipinski definition) is 1. The standard InChI is InChI=1S/C16H18Cl2FN3O4/c17-14(18)15(23)20-7-12-8-22(16(24)26-12)11-3-1-2-10(6-11)21-4-5-25-9-13(21)19/h1-3,6,12-14H,4-5,7-9H2,(H,20,23)/t12?,13-/m1/s1. The number of cyclic esters (lactones) is 1. The van der Waals surface area contributed by atoms with Crippen molar-refractivity contribution in [1.82, 2.24) is 5.32 Å². The fourth-order valence-corrected chi connectivity index (χ4v) is 2.99. The fraction of sp³-hybridized carbons (Fsp3) is 0.500. The molecule has 1 N–H and O–H groups in total. The highest BCUT2D eigenvalue weighted by Crippen LogP contribution is 2.28. The molecule has 10 heteroatoms. The maximum absolute atomic E-state index is 14.1. The molecule has 3 rings (SSSR count). The Hall–Kier alpha value is -1.77. The molecule has 2 amide bonds. The van der Waals surface area contributed by atoms with Crippen LogP contribution < -0.4 is 15.1 Å². The first-order valence-electron chi connectivity index (χ1n) is 8.08. The van der Waals surface area contributed by atoms with E-state index >= 15 is 0 Å². The summed E-state index contributed by atoms with van der Waals surface area (Å²) in [5.41, 5.74) is 1.25. The molecule has 2 saturated heterocycles. The zero-order valence-electron chi connectivity index (χ0n) is 13.7. The number of rotatable bonds is 5. The molecule has 142 valence electrons. The molecule has 7 nitrogen and oxygen atoms in total. The number of carbonyl (C=O) groups is 2. The Bertz CT molecular complexity index is 679. The highest BCUT2D eigenvalue weighted by atomic mass is 35.5. The number of amides is 2. The van der Waals surface area contributed by atoms with Crippen molar-refractivity contribution in [3.05, 3.63) is 24.3 Å². The van der Waals surface area contributed by atoms with Gasteiger partial charge in [-0.2, -0.15) is 0 Å². The molecule has 1 aromatic carbocycles. The van der Waals surface area contributed by atoms with Crippen molar-refractivity contribution in [2.24, 2.45) is 0 Å². The Morgan fingerprint density at radius 1 is 1.38 bits per heavy atom. The van der Waals surface area contributed by atoms with Gasteiger partial charge in [0.15, 0.2) is 11.1 Å². The van der Waals surface area contributed by atoms with E-state index < -0.39 is 29.2 Å². The number of hydrogen-bond acceptors (Lipinski definition) is 5. The highest BCUT2D eigenvalue weighted by Gasteiger charge is 2.33. The van der Waals surface area contributed by atoms with Crippen LogP contribution in [0.15, 0.2) is 24.3 Å². The van der Waals surface area contributed by atoms with Crippen molar-refractivity contribution in [2.75, 3.05) is 42.6 Å². The molecule has 0 spiro atoms. The zero-order valence-corrected chi connectivity index (χ0v) is 15.3. The molecule has 1 aromatic rings. The van der Waals surface area contributed by atoms with E-state index in [1.54, 1.807) is 29.2 Å². The van der Waals surface area contributed by atoms with Gasteiger partial charge in [0.05, 0.1) is 26.3 Å². The number of benzene rings is 1. The first-order chi connectivity index (χ1) is 12.5. The minimum absolute atomic E-state index is 0.0138. The van der Waals surface area contributed by atoms with Crippen LogP contribution in [0.2, 0.25) is 0 Å². The molecular weight excluding hydrogens is 388 g/mol. The average Bonchev–Trinajstić information content (AvgIpc) is 3.01. The Kier molecular flexibility index (Phi) is 6.05. The second kappa shape index (κ2) is 8.28. The van der Waals surface area contributed by atoms with E-state index in [-0.39, 0.29) is 19.7 Å². The van der Waals surface area contributed by atoms with Crippen LogP contribution >= 0.6 is 23.2 Å². The first-order valence-corrected chi connectivity index (χ1v) is 8.95. The lowest BCUT2D eigenvalue weighted by molar-refractivity contribution is -0.119. The van der Waals surface area contributed by atoms with Crippen LogP contribution in [0.4, 0.5) is 20.6 Å². The molecule has 2 atom stereocenters. The largest absolute Gasteiger partial charge is 0.442 e. The van der Waals surface area contributed by atoms with Crippen molar-refractivity contribution >= 4 is 46.6 Å². The van der Waals surface area contributed by atoms with Gasteiger partial charge < -0.3 is 19.7 Å². The lowest BCUT2D eigenvalue weighted by atomic mass is 10.2. The van der Waals surface area contributed by atoms with Gasteiger partial charge in [-0.15, -0.1) is 0 Å². The maximum atomic E-state index is 14.1. The molecule has 0 aliphatic carbocycles. The molecule has 26 heavy (non-hydrogen) atoms. The fourth-order valence-electron chi connectivity index (χ4n) is 2.83. The molecule has 0 bridgehead atoms. The molecule has 0 saturated carbocycles. The summed E-state index contributed by atoms with van der Waals surface area (Å²) in [7, 11) is 0. The summed E-state index contributed by atoms with van der Waals surface area (Å²) >= 11 is 10.9. The number of morpholine rings is 1. The van der Waals surface area contributed by atoms with Gasteiger partial charge in [-0.3, -0.25) is 9.69 Å². The summed E-state index contributed by atoms with van der Waals surface area (Å²) in [6, 6.07) is 7.00. The molecule has 2 heterocycles. The summed E-state index contributed by atoms with van der Waals surface area (Å²) in [4.78, 5) is 25.4. The van der Waals surface area contributed by atoms with E-state index in [1.165, 1.54) is 4.90 Å². The van der Waals surface area contributed by atoms with Crippen LogP contribution in [0, 0.1) is 0 Å². The minimum atomic E-state index is -1.23. The van der Waals surface area contributed by atoms with Crippen molar-refractivity contribution in [3.8, 4) is 0 Å². The smallest absolute Gasteiger partial charge is 0.414 e. The SMILES string of the molecule is O=C(NCC1CN(c2cccc(N3CCOC[C@@H]3F)c2)C(=O)O1)C(Cl)Cl. The van der Waals surface area contributed by atoms with E-state index in [2.05, 4.69) is 5.32 Å². The van der Waals surface area contributed by atoms with Crippen LogP contribution in [0.3, 0.4) is 0 Å². The third kappa shape index (κ3) is 4.31. The van der Waals surface area contributed by atoms with Gasteiger partial charge in [0.25, 0.3) is 5.91 Å². The summed E-state index contributed by atoms with van der Waals surface area (Å²) in [5, 5.41) is 2.51. The van der Waals surface area contributed by atoms with Crippen molar-refractivity contribution in [2.45, 2.75) is 17.2 Å². The molecule has 2 aliphatic rings. The molecule has 2 aliphatic heterocycles. The lowest BCUT2D eigenvalue weighted by Gasteiger charge is -2.32. The number of halogens is 3. The number of alkyl halides is 3. The topological polar surface area (TPSA) is 71.1 Å². The monoisotopic (exact) mass is 405 g/mol. The molecule has 1 unspecified atom stereocenters. The van der Waals surface area contributed by atoms with Crippen molar-refractivity contribution < 1.29 is 23.5 Å². The second-order valence-electron chi connectivity index (χ2n) is 5.88. The maximum Gasteiger partial charge on any atom is 0.414 e. The van der Waals surface area contributed by atoms with Gasteiger partial charge in [0.1, 0.15) is 6.10 Å². The summed E-state index contributed by atoms with van der Waals surface area (Å²) < 4.78 is 24.4. The van der Waals surface area contributed by atoms with Gasteiger partial charge in [0.2, 0.25) is 0 Å². The minimum Gasteiger partial charge on any atom is -0.442 e. The number of anilines is 2. The Balaban J connectivity index is 1.66. The average molecular weight is 406 g/mol. The lowest BCUT2D eigenvalue weighted by Crippen LogP contribution is -2.43. The highest BCUT2D eigenvalue weighted by molar-refractivity contribution is 6.53. The first kappa shape index (κ1) is 19.0. The van der Waals surface area contributed by atoms with E-state index in [0.29, 0.717) is 24.5 Å². The summed E-state index contributed by atoms with van der Waals surface area (Å²) in [5.74, 6) is -0.550. The van der Waals surface area contributed by atoms with Crippen molar-refractivity contribution in [3.63, 3.8) is 0 Å². The van der Waals surface area contributed by atoms with Crippen LogP contribution in [0.25, 0.3) is 0 Å². The second-order valence-corrected chi connectivity index (χ2v) is 6.98. The molecule has 0 radical (unpaired) electrons. The molecule has 2 fully saturated rings. The Morgan fingerprint density at radius 3 is 2.88 bits per heavy atom. The molecule has 0 aromatic heterocycles. The summed E-state index contributed by atoms with van der Waals surface area (Å²) in [6.45, 7) is 1.24. The summed E-state index contributed by atoms with van der Waals surface area (Å²) in [6.07, 6.45) is -2.29. The van der Waals surface area contributed by atoms with Crippen LogP contribution in [0.5, 0.6) is 0 Å². The predicted octanol–water partition coefficient (Wildman–Crippen LogP) is 2.06. The van der Waals surface area contributed by atoms with E-state index in [1.807, 2.05) is 0 Å². The van der Waals surface area contributed by atoms with E-state index in [9.17, 15) is 14.0 Å². The third-order valence-corrected chi connectivity index (χ3v) is 4.52. The number of nitrogens with one attached hydrogen (secondary N) is 1. The van der Waals surface area contributed by atoms with E-state index in [4.69, 9.17) is 32.7 Å². The number of carbonyl (C=O) groups excluding carboxylic acids is 2.